The Hall–Kier alpha value is -2.42. The number of hydrogen-bond donors (Lipinski definition) is 3. The smallest absolute Gasteiger partial charge is 0.227 e. The summed E-state index contributed by atoms with van der Waals surface area (Å²) >= 11 is 6.19. The second kappa shape index (κ2) is 11.1. The van der Waals surface area contributed by atoms with Gasteiger partial charge in [-0.1, -0.05) is 36.6 Å². The van der Waals surface area contributed by atoms with Crippen LogP contribution in [-0.2, 0) is 6.54 Å². The molecule has 3 aliphatic rings. The van der Waals surface area contributed by atoms with Gasteiger partial charge in [-0.2, -0.15) is 9.97 Å². The summed E-state index contributed by atoms with van der Waals surface area (Å²) in [4.78, 5) is 17.3. The molecule has 0 unspecified atom stereocenters. The Kier molecular flexibility index (Phi) is 7.49. The fourth-order valence-electron chi connectivity index (χ4n) is 6.30. The molecular weight excluding hydrogens is 484 g/mol. The van der Waals surface area contributed by atoms with E-state index < -0.39 is 0 Å². The SMILES string of the molecule is NC1CCC(Nc2nc(NC3CCN(Cc4cccc(Cl)c4)CC3)c3ncn(C4CCCC4)c3n2)CC1. The maximum absolute atomic E-state index is 6.19. The highest BCUT2D eigenvalue weighted by molar-refractivity contribution is 6.30. The Morgan fingerprint density at radius 3 is 2.43 bits per heavy atom. The highest BCUT2D eigenvalue weighted by Gasteiger charge is 2.26. The number of benzene rings is 1. The van der Waals surface area contributed by atoms with Crippen LogP contribution in [0.5, 0.6) is 0 Å². The van der Waals surface area contributed by atoms with Crippen LogP contribution in [0.15, 0.2) is 30.6 Å². The molecule has 0 bridgehead atoms. The Balaban J connectivity index is 1.18. The van der Waals surface area contributed by atoms with Crippen LogP contribution in [0.1, 0.15) is 75.8 Å². The predicted octanol–water partition coefficient (Wildman–Crippen LogP) is 5.35. The first-order valence-electron chi connectivity index (χ1n) is 14.1. The van der Waals surface area contributed by atoms with E-state index in [1.54, 1.807) is 0 Å². The minimum atomic E-state index is 0.326. The van der Waals surface area contributed by atoms with Crippen molar-refractivity contribution in [2.45, 2.75) is 94.9 Å². The Morgan fingerprint density at radius 2 is 1.68 bits per heavy atom. The lowest BCUT2D eigenvalue weighted by Gasteiger charge is -2.32. The lowest BCUT2D eigenvalue weighted by Crippen LogP contribution is -2.39. The van der Waals surface area contributed by atoms with Gasteiger partial charge in [0.2, 0.25) is 5.95 Å². The van der Waals surface area contributed by atoms with Crippen molar-refractivity contribution in [2.75, 3.05) is 23.7 Å². The zero-order chi connectivity index (χ0) is 25.2. The second-order valence-electron chi connectivity index (χ2n) is 11.2. The normalized spacial score (nSPS) is 24.1. The van der Waals surface area contributed by atoms with E-state index in [1.165, 1.54) is 31.2 Å². The highest BCUT2D eigenvalue weighted by atomic mass is 35.5. The summed E-state index contributed by atoms with van der Waals surface area (Å²) in [5, 5.41) is 8.22. The molecule has 1 aliphatic heterocycles. The van der Waals surface area contributed by atoms with Crippen LogP contribution in [0.2, 0.25) is 5.02 Å². The van der Waals surface area contributed by atoms with Gasteiger partial charge in [0.1, 0.15) is 0 Å². The monoisotopic (exact) mass is 522 g/mol. The average Bonchev–Trinajstić information content (AvgIpc) is 3.57. The summed E-state index contributed by atoms with van der Waals surface area (Å²) in [6.45, 7) is 3.03. The Bertz CT molecular complexity index is 1190. The zero-order valence-corrected chi connectivity index (χ0v) is 22.3. The number of nitrogens with two attached hydrogens (primary N) is 1. The van der Waals surface area contributed by atoms with Gasteiger partial charge in [-0.15, -0.1) is 0 Å². The van der Waals surface area contributed by atoms with E-state index in [1.807, 2.05) is 18.5 Å². The lowest BCUT2D eigenvalue weighted by atomic mass is 9.92. The third-order valence-corrected chi connectivity index (χ3v) is 8.70. The summed E-state index contributed by atoms with van der Waals surface area (Å²) in [7, 11) is 0. The lowest BCUT2D eigenvalue weighted by molar-refractivity contribution is 0.211. The van der Waals surface area contributed by atoms with Gasteiger partial charge in [-0.05, 0) is 69.1 Å². The van der Waals surface area contributed by atoms with Gasteiger partial charge >= 0.3 is 0 Å². The minimum Gasteiger partial charge on any atom is -0.365 e. The number of anilines is 2. The Morgan fingerprint density at radius 1 is 0.919 bits per heavy atom. The van der Waals surface area contributed by atoms with Crippen LogP contribution < -0.4 is 16.4 Å². The second-order valence-corrected chi connectivity index (χ2v) is 11.7. The van der Waals surface area contributed by atoms with Crippen LogP contribution in [0.25, 0.3) is 11.2 Å². The molecular formula is C28H39ClN8. The summed E-state index contributed by atoms with van der Waals surface area (Å²) in [6, 6.07) is 9.75. The first-order valence-corrected chi connectivity index (χ1v) is 14.5. The van der Waals surface area contributed by atoms with Crippen molar-refractivity contribution >= 4 is 34.5 Å². The highest BCUT2D eigenvalue weighted by Crippen LogP contribution is 2.34. The van der Waals surface area contributed by atoms with Crippen LogP contribution in [0.4, 0.5) is 11.8 Å². The number of hydrogen-bond acceptors (Lipinski definition) is 7. The minimum absolute atomic E-state index is 0.326. The maximum atomic E-state index is 6.19. The van der Waals surface area contributed by atoms with E-state index in [0.717, 1.165) is 80.2 Å². The third-order valence-electron chi connectivity index (χ3n) is 8.47. The molecule has 198 valence electrons. The van der Waals surface area contributed by atoms with Crippen molar-refractivity contribution in [1.29, 1.82) is 0 Å². The standard InChI is InChI=1S/C28H39ClN8/c29-20-5-3-4-19(16-20)17-36-14-12-23(13-15-36)32-26-25-27(37(18-31-25)24-6-1-2-7-24)35-28(34-26)33-22-10-8-21(30)9-11-22/h3-5,16,18,21-24H,1-2,6-15,17,30H2,(H2,32,33,34,35). The first-order chi connectivity index (χ1) is 18.1. The Labute approximate surface area is 224 Å². The van der Waals surface area contributed by atoms with E-state index >= 15 is 0 Å². The molecule has 4 N–H and O–H groups in total. The summed E-state index contributed by atoms with van der Waals surface area (Å²) in [5.41, 5.74) is 9.26. The number of nitrogens with zero attached hydrogens (tertiary/aromatic N) is 5. The topological polar surface area (TPSA) is 96.9 Å². The van der Waals surface area contributed by atoms with Gasteiger partial charge in [0, 0.05) is 48.8 Å². The predicted molar refractivity (Wildman–Crippen MR) is 150 cm³/mol. The van der Waals surface area contributed by atoms with Crippen LogP contribution in [-0.4, -0.2) is 55.6 Å². The number of rotatable bonds is 7. The molecule has 1 aromatic carbocycles. The van der Waals surface area contributed by atoms with Crippen molar-refractivity contribution in [2.24, 2.45) is 5.73 Å². The van der Waals surface area contributed by atoms with Crippen molar-refractivity contribution < 1.29 is 0 Å². The molecule has 2 aromatic heterocycles. The van der Waals surface area contributed by atoms with E-state index in [4.69, 9.17) is 32.3 Å². The van der Waals surface area contributed by atoms with E-state index in [9.17, 15) is 0 Å². The van der Waals surface area contributed by atoms with Crippen molar-refractivity contribution in [3.63, 3.8) is 0 Å². The molecule has 2 saturated carbocycles. The van der Waals surface area contributed by atoms with Crippen molar-refractivity contribution in [3.8, 4) is 0 Å². The van der Waals surface area contributed by atoms with Gasteiger partial charge in [0.25, 0.3) is 0 Å². The van der Waals surface area contributed by atoms with Gasteiger partial charge in [0.15, 0.2) is 17.0 Å². The van der Waals surface area contributed by atoms with E-state index in [-0.39, 0.29) is 0 Å². The molecule has 0 atom stereocenters. The molecule has 1 saturated heterocycles. The number of imidazole rings is 1. The van der Waals surface area contributed by atoms with Gasteiger partial charge in [0.05, 0.1) is 6.33 Å². The molecule has 3 aromatic rings. The fraction of sp³-hybridized carbons (Fsp3) is 0.607. The van der Waals surface area contributed by atoms with Crippen LogP contribution in [0, 0.1) is 0 Å². The molecule has 3 heterocycles. The number of halogens is 1. The molecule has 9 heteroatoms. The first kappa shape index (κ1) is 24.9. The molecule has 3 fully saturated rings. The fourth-order valence-corrected chi connectivity index (χ4v) is 6.51. The summed E-state index contributed by atoms with van der Waals surface area (Å²) < 4.78 is 2.30. The maximum Gasteiger partial charge on any atom is 0.227 e. The number of piperidine rings is 1. The molecule has 8 nitrogen and oxygen atoms in total. The summed E-state index contributed by atoms with van der Waals surface area (Å²) in [5.74, 6) is 1.58. The average molecular weight is 523 g/mol. The summed E-state index contributed by atoms with van der Waals surface area (Å²) in [6.07, 6.45) is 13.3. The molecule has 0 radical (unpaired) electrons. The van der Waals surface area contributed by atoms with Gasteiger partial charge < -0.3 is 20.9 Å². The van der Waals surface area contributed by atoms with Gasteiger partial charge in [-0.3, -0.25) is 4.90 Å². The zero-order valence-electron chi connectivity index (χ0n) is 21.6. The van der Waals surface area contributed by atoms with Crippen molar-refractivity contribution in [1.82, 2.24) is 24.4 Å². The number of nitrogens with one attached hydrogen (secondary N) is 2. The van der Waals surface area contributed by atoms with E-state index in [0.29, 0.717) is 30.1 Å². The molecule has 6 rings (SSSR count). The van der Waals surface area contributed by atoms with Crippen LogP contribution in [0.3, 0.4) is 0 Å². The molecule has 2 aliphatic carbocycles. The number of fused-ring (bicyclic) bond motifs is 1. The largest absolute Gasteiger partial charge is 0.365 e. The number of aromatic nitrogens is 4. The van der Waals surface area contributed by atoms with Crippen molar-refractivity contribution in [3.05, 3.63) is 41.2 Å². The quantitative estimate of drug-likeness (QED) is 0.384. The third kappa shape index (κ3) is 5.86. The van der Waals surface area contributed by atoms with Crippen LogP contribution >= 0.6 is 11.6 Å². The van der Waals surface area contributed by atoms with Gasteiger partial charge in [-0.25, -0.2) is 4.98 Å². The van der Waals surface area contributed by atoms with E-state index in [2.05, 4.69) is 32.2 Å². The number of likely N-dealkylation sites (tertiary alicyclic amines) is 1. The molecule has 0 spiro atoms. The molecule has 0 amide bonds. The molecule has 37 heavy (non-hydrogen) atoms.